The van der Waals surface area contributed by atoms with Crippen LogP contribution in [0.3, 0.4) is 0 Å². The lowest BCUT2D eigenvalue weighted by molar-refractivity contribution is -0.121. The van der Waals surface area contributed by atoms with Crippen molar-refractivity contribution in [2.45, 2.75) is 26.6 Å². The molecule has 0 aliphatic heterocycles. The number of hydrogen-bond donors (Lipinski definition) is 1. The molecule has 7 heteroatoms. The minimum atomic E-state index is -0.492. The van der Waals surface area contributed by atoms with Gasteiger partial charge in [0.05, 0.1) is 18.0 Å². The van der Waals surface area contributed by atoms with E-state index in [1.54, 1.807) is 38.3 Å². The highest BCUT2D eigenvalue weighted by atomic mass is 16.5. The van der Waals surface area contributed by atoms with Crippen LogP contribution < -0.4 is 21.3 Å². The summed E-state index contributed by atoms with van der Waals surface area (Å²) in [5.41, 5.74) is 0.450. The first-order valence-corrected chi connectivity index (χ1v) is 8.67. The standard InChI is InChI=1S/C20H21N3O4/c1-3-22-19(25)15-9-5-6-10-16(15)23(20(22)26)13-18(24)21-12-14-8-4-7-11-17(14)27-2/h4-11H,3,12-13H2,1-2H3,(H,21,24). The van der Waals surface area contributed by atoms with E-state index in [-0.39, 0.29) is 31.1 Å². The molecule has 0 saturated carbocycles. The number of rotatable bonds is 6. The summed E-state index contributed by atoms with van der Waals surface area (Å²) in [5.74, 6) is 0.356. The largest absolute Gasteiger partial charge is 0.496 e. The van der Waals surface area contributed by atoms with Gasteiger partial charge in [0.1, 0.15) is 12.3 Å². The molecule has 0 fully saturated rings. The fourth-order valence-electron chi connectivity index (χ4n) is 3.04. The minimum Gasteiger partial charge on any atom is -0.496 e. The third-order valence-electron chi connectivity index (χ3n) is 4.42. The van der Waals surface area contributed by atoms with Gasteiger partial charge in [-0.3, -0.25) is 18.7 Å². The summed E-state index contributed by atoms with van der Waals surface area (Å²) in [6, 6.07) is 14.2. The third kappa shape index (κ3) is 3.62. The highest BCUT2D eigenvalue weighted by Gasteiger charge is 2.14. The maximum atomic E-state index is 12.7. The Hall–Kier alpha value is -3.35. The molecule has 0 spiro atoms. The Morgan fingerprint density at radius 1 is 1.04 bits per heavy atom. The smallest absolute Gasteiger partial charge is 0.331 e. The lowest BCUT2D eigenvalue weighted by Gasteiger charge is -2.14. The Labute approximate surface area is 155 Å². The number of hydrogen-bond acceptors (Lipinski definition) is 4. The first kappa shape index (κ1) is 18.4. The number of methoxy groups -OCH3 is 1. The van der Waals surface area contributed by atoms with E-state index >= 15 is 0 Å². The van der Waals surface area contributed by atoms with Gasteiger partial charge in [0, 0.05) is 18.7 Å². The van der Waals surface area contributed by atoms with E-state index < -0.39 is 5.69 Å². The molecule has 0 aliphatic rings. The van der Waals surface area contributed by atoms with Crippen LogP contribution in [-0.2, 0) is 24.4 Å². The lowest BCUT2D eigenvalue weighted by atomic mass is 10.2. The molecule has 2 aromatic carbocycles. The van der Waals surface area contributed by atoms with E-state index in [2.05, 4.69) is 5.32 Å². The van der Waals surface area contributed by atoms with Crippen molar-refractivity contribution in [3.05, 3.63) is 74.9 Å². The number of carbonyl (C=O) groups excluding carboxylic acids is 1. The topological polar surface area (TPSA) is 82.3 Å². The van der Waals surface area contributed by atoms with Crippen LogP contribution in [0.4, 0.5) is 0 Å². The van der Waals surface area contributed by atoms with E-state index in [0.717, 1.165) is 10.1 Å². The van der Waals surface area contributed by atoms with Gasteiger partial charge in [-0.2, -0.15) is 0 Å². The molecule has 0 saturated heterocycles. The Balaban J connectivity index is 1.89. The summed E-state index contributed by atoms with van der Waals surface area (Å²) < 4.78 is 7.74. The van der Waals surface area contributed by atoms with E-state index in [9.17, 15) is 14.4 Å². The Bertz CT molecular complexity index is 1100. The molecule has 140 valence electrons. The van der Waals surface area contributed by atoms with Crippen molar-refractivity contribution in [1.82, 2.24) is 14.5 Å². The zero-order chi connectivity index (χ0) is 19.4. The molecule has 0 radical (unpaired) electrons. The van der Waals surface area contributed by atoms with Gasteiger partial charge >= 0.3 is 5.69 Å². The van der Waals surface area contributed by atoms with Crippen molar-refractivity contribution in [1.29, 1.82) is 0 Å². The van der Waals surface area contributed by atoms with Gasteiger partial charge in [0.15, 0.2) is 0 Å². The fraction of sp³-hybridized carbons (Fsp3) is 0.250. The van der Waals surface area contributed by atoms with Crippen molar-refractivity contribution < 1.29 is 9.53 Å². The van der Waals surface area contributed by atoms with Crippen LogP contribution >= 0.6 is 0 Å². The third-order valence-corrected chi connectivity index (χ3v) is 4.42. The Kier molecular flexibility index (Phi) is 5.40. The first-order chi connectivity index (χ1) is 13.1. The molecule has 1 N–H and O–H groups in total. The van der Waals surface area contributed by atoms with Crippen molar-refractivity contribution in [3.8, 4) is 5.75 Å². The summed E-state index contributed by atoms with van der Waals surface area (Å²) in [4.78, 5) is 37.6. The molecule has 0 bridgehead atoms. The van der Waals surface area contributed by atoms with Gasteiger partial charge in [0.25, 0.3) is 5.56 Å². The fourth-order valence-corrected chi connectivity index (χ4v) is 3.04. The van der Waals surface area contributed by atoms with Crippen LogP contribution in [0.15, 0.2) is 58.1 Å². The van der Waals surface area contributed by atoms with Crippen LogP contribution in [0.2, 0.25) is 0 Å². The maximum absolute atomic E-state index is 12.7. The molecule has 3 aromatic rings. The number of nitrogens with one attached hydrogen (secondary N) is 1. The number of fused-ring (bicyclic) bond motifs is 1. The highest BCUT2D eigenvalue weighted by Crippen LogP contribution is 2.16. The van der Waals surface area contributed by atoms with Crippen molar-refractivity contribution in [3.63, 3.8) is 0 Å². The average Bonchev–Trinajstić information content (AvgIpc) is 2.70. The number of amides is 1. The maximum Gasteiger partial charge on any atom is 0.331 e. The van der Waals surface area contributed by atoms with Gasteiger partial charge in [-0.1, -0.05) is 30.3 Å². The SMILES string of the molecule is CCn1c(=O)c2ccccc2n(CC(=O)NCc2ccccc2OC)c1=O. The summed E-state index contributed by atoms with van der Waals surface area (Å²) >= 11 is 0. The number of nitrogens with zero attached hydrogens (tertiary/aromatic N) is 2. The average molecular weight is 367 g/mol. The molecule has 3 rings (SSSR count). The van der Waals surface area contributed by atoms with Crippen molar-refractivity contribution in [2.24, 2.45) is 0 Å². The van der Waals surface area contributed by atoms with Crippen molar-refractivity contribution in [2.75, 3.05) is 7.11 Å². The zero-order valence-electron chi connectivity index (χ0n) is 15.3. The Morgan fingerprint density at radius 2 is 1.74 bits per heavy atom. The van der Waals surface area contributed by atoms with Crippen LogP contribution in [-0.4, -0.2) is 22.2 Å². The number of ether oxygens (including phenoxy) is 1. The van der Waals surface area contributed by atoms with Gasteiger partial charge in [-0.15, -0.1) is 0 Å². The van der Waals surface area contributed by atoms with Gasteiger partial charge in [-0.05, 0) is 25.1 Å². The van der Waals surface area contributed by atoms with Crippen LogP contribution in [0, 0.1) is 0 Å². The first-order valence-electron chi connectivity index (χ1n) is 8.67. The summed E-state index contributed by atoms with van der Waals surface area (Å²) in [6.45, 7) is 2.08. The summed E-state index contributed by atoms with van der Waals surface area (Å²) in [7, 11) is 1.57. The van der Waals surface area contributed by atoms with Gasteiger partial charge in [0.2, 0.25) is 5.91 Å². The van der Waals surface area contributed by atoms with Gasteiger partial charge in [-0.25, -0.2) is 4.79 Å². The number of para-hydroxylation sites is 2. The molecule has 7 nitrogen and oxygen atoms in total. The number of carbonyl (C=O) groups is 1. The lowest BCUT2D eigenvalue weighted by Crippen LogP contribution is -2.42. The van der Waals surface area contributed by atoms with Crippen LogP contribution in [0.5, 0.6) is 5.75 Å². The second-order valence-corrected chi connectivity index (χ2v) is 6.02. The van der Waals surface area contributed by atoms with Crippen molar-refractivity contribution >= 4 is 16.8 Å². The highest BCUT2D eigenvalue weighted by molar-refractivity contribution is 5.81. The zero-order valence-corrected chi connectivity index (χ0v) is 15.3. The molecule has 0 unspecified atom stereocenters. The molecular weight excluding hydrogens is 346 g/mol. The molecule has 0 aliphatic carbocycles. The van der Waals surface area contributed by atoms with E-state index in [4.69, 9.17) is 4.74 Å². The predicted octanol–water partition coefficient (Wildman–Crippen LogP) is 1.51. The van der Waals surface area contributed by atoms with Crippen LogP contribution in [0.25, 0.3) is 10.9 Å². The van der Waals surface area contributed by atoms with E-state index in [0.29, 0.717) is 16.7 Å². The quantitative estimate of drug-likeness (QED) is 0.716. The van der Waals surface area contributed by atoms with Gasteiger partial charge < -0.3 is 10.1 Å². The molecule has 1 aromatic heterocycles. The number of benzene rings is 2. The molecular formula is C20H21N3O4. The second kappa shape index (κ2) is 7.90. The Morgan fingerprint density at radius 3 is 2.48 bits per heavy atom. The molecule has 1 heterocycles. The van der Waals surface area contributed by atoms with E-state index in [1.807, 2.05) is 24.3 Å². The van der Waals surface area contributed by atoms with Crippen LogP contribution in [0.1, 0.15) is 12.5 Å². The van der Waals surface area contributed by atoms with E-state index in [1.165, 1.54) is 4.57 Å². The minimum absolute atomic E-state index is 0.172. The predicted molar refractivity (Wildman–Crippen MR) is 103 cm³/mol. The summed E-state index contributed by atoms with van der Waals surface area (Å²) in [5, 5.41) is 3.21. The molecule has 27 heavy (non-hydrogen) atoms. The monoisotopic (exact) mass is 367 g/mol. The molecule has 1 amide bonds. The summed E-state index contributed by atoms with van der Waals surface area (Å²) in [6.07, 6.45) is 0. The second-order valence-electron chi connectivity index (χ2n) is 6.02. The molecule has 0 atom stereocenters. The normalized spacial score (nSPS) is 10.7. The number of aromatic nitrogens is 2.